The standard InChI is InChI=1S/C16H14BrClN2O/c17-11-3-5-14(18)13(9-11)16(21)20-12-4-6-15-10(8-12)2-1-7-19-15/h3-6,8-9,19H,1-2,7H2,(H,20,21). The van der Waals surface area contributed by atoms with Crippen molar-refractivity contribution in [3.05, 3.63) is 57.0 Å². The number of aryl methyl sites for hydroxylation is 1. The van der Waals surface area contributed by atoms with E-state index in [4.69, 9.17) is 11.6 Å². The van der Waals surface area contributed by atoms with Crippen LogP contribution in [0.1, 0.15) is 22.3 Å². The van der Waals surface area contributed by atoms with Crippen molar-refractivity contribution >= 4 is 44.8 Å². The van der Waals surface area contributed by atoms with E-state index in [1.54, 1.807) is 12.1 Å². The van der Waals surface area contributed by atoms with Gasteiger partial charge in [0.15, 0.2) is 0 Å². The highest BCUT2D eigenvalue weighted by atomic mass is 79.9. The van der Waals surface area contributed by atoms with Crippen LogP contribution in [-0.2, 0) is 6.42 Å². The molecule has 21 heavy (non-hydrogen) atoms. The molecule has 5 heteroatoms. The number of anilines is 2. The van der Waals surface area contributed by atoms with Crippen LogP contribution >= 0.6 is 27.5 Å². The Morgan fingerprint density at radius 2 is 2.10 bits per heavy atom. The maximum atomic E-state index is 12.3. The van der Waals surface area contributed by atoms with Crippen LogP contribution in [0.5, 0.6) is 0 Å². The summed E-state index contributed by atoms with van der Waals surface area (Å²) in [6, 6.07) is 11.2. The maximum Gasteiger partial charge on any atom is 0.257 e. The second-order valence-electron chi connectivity index (χ2n) is 4.98. The highest BCUT2D eigenvalue weighted by molar-refractivity contribution is 9.10. The summed E-state index contributed by atoms with van der Waals surface area (Å²) in [4.78, 5) is 12.3. The largest absolute Gasteiger partial charge is 0.385 e. The summed E-state index contributed by atoms with van der Waals surface area (Å²) in [6.45, 7) is 1.01. The molecule has 0 atom stereocenters. The lowest BCUT2D eigenvalue weighted by molar-refractivity contribution is 0.102. The quantitative estimate of drug-likeness (QED) is 0.809. The van der Waals surface area contributed by atoms with E-state index < -0.39 is 0 Å². The minimum Gasteiger partial charge on any atom is -0.385 e. The summed E-state index contributed by atoms with van der Waals surface area (Å²) in [6.07, 6.45) is 2.14. The van der Waals surface area contributed by atoms with Crippen molar-refractivity contribution in [3.8, 4) is 0 Å². The average molecular weight is 366 g/mol. The lowest BCUT2D eigenvalue weighted by Crippen LogP contribution is -2.15. The van der Waals surface area contributed by atoms with Crippen molar-refractivity contribution in [2.24, 2.45) is 0 Å². The summed E-state index contributed by atoms with van der Waals surface area (Å²) in [5.74, 6) is -0.204. The van der Waals surface area contributed by atoms with E-state index in [-0.39, 0.29) is 5.91 Å². The van der Waals surface area contributed by atoms with Gasteiger partial charge >= 0.3 is 0 Å². The second-order valence-corrected chi connectivity index (χ2v) is 6.30. The van der Waals surface area contributed by atoms with Gasteiger partial charge in [0.2, 0.25) is 0 Å². The van der Waals surface area contributed by atoms with Crippen molar-refractivity contribution in [2.75, 3.05) is 17.2 Å². The van der Waals surface area contributed by atoms with Crippen molar-refractivity contribution in [3.63, 3.8) is 0 Å². The van der Waals surface area contributed by atoms with Crippen molar-refractivity contribution in [1.82, 2.24) is 0 Å². The van der Waals surface area contributed by atoms with Gasteiger partial charge in [-0.2, -0.15) is 0 Å². The molecule has 0 aromatic heterocycles. The van der Waals surface area contributed by atoms with E-state index in [1.165, 1.54) is 5.56 Å². The molecule has 0 bridgehead atoms. The number of carbonyl (C=O) groups excluding carboxylic acids is 1. The van der Waals surface area contributed by atoms with E-state index in [0.717, 1.165) is 35.2 Å². The zero-order chi connectivity index (χ0) is 14.8. The lowest BCUT2D eigenvalue weighted by atomic mass is 10.0. The average Bonchev–Trinajstić information content (AvgIpc) is 2.49. The third-order valence-electron chi connectivity index (χ3n) is 3.47. The van der Waals surface area contributed by atoms with Crippen LogP contribution in [-0.4, -0.2) is 12.5 Å². The second kappa shape index (κ2) is 6.08. The molecule has 0 unspecified atom stereocenters. The van der Waals surface area contributed by atoms with Gasteiger partial charge in [0.05, 0.1) is 10.6 Å². The minimum atomic E-state index is -0.204. The molecule has 108 valence electrons. The summed E-state index contributed by atoms with van der Waals surface area (Å²) in [5.41, 5.74) is 3.64. The number of rotatable bonds is 2. The molecular formula is C16H14BrClN2O. The number of hydrogen-bond donors (Lipinski definition) is 2. The topological polar surface area (TPSA) is 41.1 Å². The summed E-state index contributed by atoms with van der Waals surface area (Å²) in [7, 11) is 0. The fraction of sp³-hybridized carbons (Fsp3) is 0.188. The van der Waals surface area contributed by atoms with Crippen LogP contribution in [0.2, 0.25) is 5.02 Å². The molecule has 0 saturated heterocycles. The molecule has 3 nitrogen and oxygen atoms in total. The van der Waals surface area contributed by atoms with Crippen LogP contribution in [0.15, 0.2) is 40.9 Å². The molecule has 1 amide bonds. The van der Waals surface area contributed by atoms with Crippen LogP contribution in [0, 0.1) is 0 Å². The number of benzene rings is 2. The molecule has 2 aromatic carbocycles. The van der Waals surface area contributed by atoms with Crippen LogP contribution in [0.3, 0.4) is 0 Å². The van der Waals surface area contributed by atoms with Gasteiger partial charge in [0, 0.05) is 22.4 Å². The number of nitrogens with one attached hydrogen (secondary N) is 2. The third kappa shape index (κ3) is 3.22. The highest BCUT2D eigenvalue weighted by Gasteiger charge is 2.13. The van der Waals surface area contributed by atoms with E-state index >= 15 is 0 Å². The summed E-state index contributed by atoms with van der Waals surface area (Å²) >= 11 is 9.43. The molecule has 1 aliphatic rings. The predicted octanol–water partition coefficient (Wildman–Crippen LogP) is 4.71. The number of halogens is 2. The molecule has 0 radical (unpaired) electrons. The highest BCUT2D eigenvalue weighted by Crippen LogP contribution is 2.26. The first-order valence-corrected chi connectivity index (χ1v) is 7.94. The van der Waals surface area contributed by atoms with Crippen LogP contribution in [0.25, 0.3) is 0 Å². The first-order valence-electron chi connectivity index (χ1n) is 6.77. The number of carbonyl (C=O) groups is 1. The molecule has 1 aliphatic heterocycles. The normalized spacial score (nSPS) is 13.2. The Morgan fingerprint density at radius 3 is 2.95 bits per heavy atom. The molecule has 2 N–H and O–H groups in total. The molecule has 3 rings (SSSR count). The summed E-state index contributed by atoms with van der Waals surface area (Å²) in [5, 5.41) is 6.70. The molecule has 0 aliphatic carbocycles. The molecule has 2 aromatic rings. The van der Waals surface area contributed by atoms with E-state index in [9.17, 15) is 4.79 Å². The SMILES string of the molecule is O=C(Nc1ccc2c(c1)CCCN2)c1cc(Br)ccc1Cl. The van der Waals surface area contributed by atoms with Gasteiger partial charge in [-0.15, -0.1) is 0 Å². The van der Waals surface area contributed by atoms with Gasteiger partial charge in [-0.25, -0.2) is 0 Å². The number of fused-ring (bicyclic) bond motifs is 1. The van der Waals surface area contributed by atoms with Gasteiger partial charge in [-0.05, 0) is 54.8 Å². The Balaban J connectivity index is 1.83. The lowest BCUT2D eigenvalue weighted by Gasteiger charge is -2.19. The van der Waals surface area contributed by atoms with Gasteiger partial charge in [0.25, 0.3) is 5.91 Å². The predicted molar refractivity (Wildman–Crippen MR) is 90.4 cm³/mol. The Labute approximate surface area is 136 Å². The fourth-order valence-electron chi connectivity index (χ4n) is 2.42. The molecule has 1 heterocycles. The maximum absolute atomic E-state index is 12.3. The molecule has 0 spiro atoms. The van der Waals surface area contributed by atoms with E-state index in [0.29, 0.717) is 10.6 Å². The first kappa shape index (κ1) is 14.4. The Bertz CT molecular complexity index is 703. The van der Waals surface area contributed by atoms with E-state index in [2.05, 4.69) is 26.6 Å². The number of hydrogen-bond acceptors (Lipinski definition) is 2. The molecular weight excluding hydrogens is 352 g/mol. The van der Waals surface area contributed by atoms with Crippen molar-refractivity contribution < 1.29 is 4.79 Å². The zero-order valence-corrected chi connectivity index (χ0v) is 13.6. The Hall–Kier alpha value is -1.52. The Kier molecular flexibility index (Phi) is 4.17. The molecule has 0 saturated carbocycles. The van der Waals surface area contributed by atoms with E-state index in [1.807, 2.05) is 24.3 Å². The van der Waals surface area contributed by atoms with Gasteiger partial charge in [-0.3, -0.25) is 4.79 Å². The minimum absolute atomic E-state index is 0.204. The van der Waals surface area contributed by atoms with Crippen molar-refractivity contribution in [1.29, 1.82) is 0 Å². The van der Waals surface area contributed by atoms with Gasteiger partial charge < -0.3 is 10.6 Å². The third-order valence-corrected chi connectivity index (χ3v) is 4.30. The smallest absolute Gasteiger partial charge is 0.257 e. The number of amides is 1. The Morgan fingerprint density at radius 1 is 1.24 bits per heavy atom. The molecule has 0 fully saturated rings. The van der Waals surface area contributed by atoms with Crippen LogP contribution in [0.4, 0.5) is 11.4 Å². The summed E-state index contributed by atoms with van der Waals surface area (Å²) < 4.78 is 0.826. The fourth-order valence-corrected chi connectivity index (χ4v) is 2.99. The van der Waals surface area contributed by atoms with Crippen LogP contribution < -0.4 is 10.6 Å². The zero-order valence-electron chi connectivity index (χ0n) is 11.2. The first-order chi connectivity index (χ1) is 10.1. The van der Waals surface area contributed by atoms with Gasteiger partial charge in [-0.1, -0.05) is 27.5 Å². The van der Waals surface area contributed by atoms with Crippen molar-refractivity contribution in [2.45, 2.75) is 12.8 Å². The monoisotopic (exact) mass is 364 g/mol. The van der Waals surface area contributed by atoms with Gasteiger partial charge in [0.1, 0.15) is 0 Å².